The molecule has 100 valence electrons. The minimum atomic E-state index is -3.23. The van der Waals surface area contributed by atoms with Gasteiger partial charge in [-0.25, -0.2) is 13.4 Å². The average Bonchev–Trinajstić information content (AvgIpc) is 2.40. The maximum Gasteiger partial charge on any atom is 0.180 e. The second-order valence-electron chi connectivity index (χ2n) is 4.22. The Kier molecular flexibility index (Phi) is 4.16. The van der Waals surface area contributed by atoms with Crippen molar-refractivity contribution in [2.24, 2.45) is 0 Å². The molecule has 0 radical (unpaired) electrons. The van der Waals surface area contributed by atoms with Crippen molar-refractivity contribution in [1.82, 2.24) is 4.98 Å². The number of anilines is 1. The van der Waals surface area contributed by atoms with Gasteiger partial charge in [0.1, 0.15) is 5.82 Å². The van der Waals surface area contributed by atoms with Gasteiger partial charge in [-0.1, -0.05) is 24.3 Å². The summed E-state index contributed by atoms with van der Waals surface area (Å²) < 4.78 is 24.1. The summed E-state index contributed by atoms with van der Waals surface area (Å²) in [4.78, 5) is 4.62. The molecule has 0 saturated carbocycles. The van der Waals surface area contributed by atoms with E-state index >= 15 is 0 Å². The van der Waals surface area contributed by atoms with E-state index in [1.807, 2.05) is 25.1 Å². The van der Waals surface area contributed by atoms with Gasteiger partial charge in [0.15, 0.2) is 9.84 Å². The lowest BCUT2D eigenvalue weighted by Crippen LogP contribution is -2.16. The molecule has 5 heteroatoms. The molecule has 4 nitrogen and oxygen atoms in total. The van der Waals surface area contributed by atoms with Crippen LogP contribution in [0.1, 0.15) is 5.69 Å². The second kappa shape index (κ2) is 5.84. The largest absolute Gasteiger partial charge is 0.369 e. The van der Waals surface area contributed by atoms with Gasteiger partial charge in [0.05, 0.1) is 10.6 Å². The van der Waals surface area contributed by atoms with E-state index in [2.05, 4.69) is 10.3 Å². The Morgan fingerprint density at radius 2 is 1.79 bits per heavy atom. The predicted octanol–water partition coefficient (Wildman–Crippen LogP) is 2.28. The summed E-state index contributed by atoms with van der Waals surface area (Å²) in [5, 5.41) is 3.02. The van der Waals surface area contributed by atoms with Crippen LogP contribution in [0.4, 0.5) is 5.82 Å². The number of nitrogens with one attached hydrogen (secondary N) is 1. The Hall–Kier alpha value is -1.88. The third kappa shape index (κ3) is 3.79. The minimum absolute atomic E-state index is 0.0482. The molecule has 2 rings (SSSR count). The zero-order valence-electron chi connectivity index (χ0n) is 10.7. The SMILES string of the molecule is Cc1cccc(NCCS(=O)(=O)c2ccccc2)n1. The summed E-state index contributed by atoms with van der Waals surface area (Å²) in [5.41, 5.74) is 0.899. The van der Waals surface area contributed by atoms with E-state index in [0.717, 1.165) is 5.69 Å². The van der Waals surface area contributed by atoms with E-state index in [1.165, 1.54) is 0 Å². The molecule has 0 saturated heterocycles. The van der Waals surface area contributed by atoms with Crippen molar-refractivity contribution in [1.29, 1.82) is 0 Å². The van der Waals surface area contributed by atoms with Gasteiger partial charge in [-0.3, -0.25) is 0 Å². The van der Waals surface area contributed by atoms with Crippen molar-refractivity contribution in [2.45, 2.75) is 11.8 Å². The quantitative estimate of drug-likeness (QED) is 0.910. The molecule has 0 bridgehead atoms. The first-order valence-corrected chi connectivity index (χ1v) is 7.68. The van der Waals surface area contributed by atoms with E-state index in [4.69, 9.17) is 0 Å². The molecule has 0 unspecified atom stereocenters. The Balaban J connectivity index is 1.96. The fourth-order valence-corrected chi connectivity index (χ4v) is 2.88. The molecule has 0 spiro atoms. The number of rotatable bonds is 5. The molecule has 1 aromatic carbocycles. The lowest BCUT2D eigenvalue weighted by Gasteiger charge is -2.07. The molecule has 1 heterocycles. The van der Waals surface area contributed by atoms with Crippen LogP contribution in [0.3, 0.4) is 0 Å². The molecule has 0 aliphatic carbocycles. The lowest BCUT2D eigenvalue weighted by atomic mass is 10.4. The van der Waals surface area contributed by atoms with Gasteiger partial charge < -0.3 is 5.32 Å². The van der Waals surface area contributed by atoms with E-state index in [0.29, 0.717) is 17.3 Å². The molecule has 0 aliphatic rings. The Bertz CT molecular complexity index is 640. The summed E-state index contributed by atoms with van der Waals surface area (Å²) in [7, 11) is -3.23. The predicted molar refractivity (Wildman–Crippen MR) is 76.0 cm³/mol. The summed E-state index contributed by atoms with van der Waals surface area (Å²) in [6, 6.07) is 14.1. The topological polar surface area (TPSA) is 59.1 Å². The molecule has 0 aliphatic heterocycles. The summed E-state index contributed by atoms with van der Waals surface area (Å²) in [6.45, 7) is 2.24. The van der Waals surface area contributed by atoms with Crippen LogP contribution < -0.4 is 5.32 Å². The monoisotopic (exact) mass is 276 g/mol. The fourth-order valence-electron chi connectivity index (χ4n) is 1.70. The van der Waals surface area contributed by atoms with Crippen molar-refractivity contribution in [3.63, 3.8) is 0 Å². The number of benzene rings is 1. The number of pyridine rings is 1. The van der Waals surface area contributed by atoms with Crippen LogP contribution in [-0.4, -0.2) is 25.7 Å². The number of hydrogen-bond donors (Lipinski definition) is 1. The van der Waals surface area contributed by atoms with Crippen molar-refractivity contribution in [3.05, 3.63) is 54.2 Å². The van der Waals surface area contributed by atoms with Crippen molar-refractivity contribution in [2.75, 3.05) is 17.6 Å². The summed E-state index contributed by atoms with van der Waals surface area (Å²) in [5.74, 6) is 0.746. The van der Waals surface area contributed by atoms with Crippen LogP contribution in [0.2, 0.25) is 0 Å². The highest BCUT2D eigenvalue weighted by Gasteiger charge is 2.12. The molecule has 2 aromatic rings. The van der Waals surface area contributed by atoms with Crippen molar-refractivity contribution < 1.29 is 8.42 Å². The number of hydrogen-bond acceptors (Lipinski definition) is 4. The fraction of sp³-hybridized carbons (Fsp3) is 0.214. The van der Waals surface area contributed by atoms with E-state index in [9.17, 15) is 8.42 Å². The maximum atomic E-state index is 12.0. The Morgan fingerprint density at radius 3 is 2.47 bits per heavy atom. The first kappa shape index (κ1) is 13.5. The van der Waals surface area contributed by atoms with E-state index in [-0.39, 0.29) is 5.75 Å². The van der Waals surface area contributed by atoms with Gasteiger partial charge in [-0.05, 0) is 31.2 Å². The van der Waals surface area contributed by atoms with Crippen LogP contribution in [0.25, 0.3) is 0 Å². The van der Waals surface area contributed by atoms with Gasteiger partial charge in [0.25, 0.3) is 0 Å². The minimum Gasteiger partial charge on any atom is -0.369 e. The van der Waals surface area contributed by atoms with Crippen LogP contribution in [0, 0.1) is 6.92 Å². The summed E-state index contributed by atoms with van der Waals surface area (Å²) >= 11 is 0. The third-order valence-corrected chi connectivity index (χ3v) is 4.40. The average molecular weight is 276 g/mol. The van der Waals surface area contributed by atoms with Gasteiger partial charge in [0.2, 0.25) is 0 Å². The van der Waals surface area contributed by atoms with Crippen LogP contribution in [0.15, 0.2) is 53.4 Å². The van der Waals surface area contributed by atoms with Gasteiger partial charge in [-0.15, -0.1) is 0 Å². The highest BCUT2D eigenvalue weighted by Crippen LogP contribution is 2.10. The molecule has 0 fully saturated rings. The molecule has 0 atom stereocenters. The highest BCUT2D eigenvalue weighted by atomic mass is 32.2. The summed E-state index contributed by atoms with van der Waals surface area (Å²) in [6.07, 6.45) is 0. The first-order chi connectivity index (χ1) is 9.08. The van der Waals surface area contributed by atoms with E-state index < -0.39 is 9.84 Å². The van der Waals surface area contributed by atoms with E-state index in [1.54, 1.807) is 30.3 Å². The number of sulfone groups is 1. The van der Waals surface area contributed by atoms with Crippen molar-refractivity contribution in [3.8, 4) is 0 Å². The third-order valence-electron chi connectivity index (χ3n) is 2.67. The normalized spacial score (nSPS) is 11.2. The van der Waals surface area contributed by atoms with Crippen molar-refractivity contribution >= 4 is 15.7 Å². The zero-order valence-corrected chi connectivity index (χ0v) is 11.5. The van der Waals surface area contributed by atoms with Gasteiger partial charge in [-0.2, -0.15) is 0 Å². The van der Waals surface area contributed by atoms with Gasteiger partial charge >= 0.3 is 0 Å². The Labute approximate surface area is 113 Å². The molecule has 1 aromatic heterocycles. The van der Waals surface area contributed by atoms with Crippen LogP contribution >= 0.6 is 0 Å². The van der Waals surface area contributed by atoms with Crippen LogP contribution in [0.5, 0.6) is 0 Å². The molecule has 1 N–H and O–H groups in total. The smallest absolute Gasteiger partial charge is 0.180 e. The number of aromatic nitrogens is 1. The van der Waals surface area contributed by atoms with Crippen LogP contribution in [-0.2, 0) is 9.84 Å². The molecular weight excluding hydrogens is 260 g/mol. The highest BCUT2D eigenvalue weighted by molar-refractivity contribution is 7.91. The second-order valence-corrected chi connectivity index (χ2v) is 6.33. The Morgan fingerprint density at radius 1 is 1.05 bits per heavy atom. The number of aryl methyl sites for hydroxylation is 1. The van der Waals surface area contributed by atoms with Gasteiger partial charge in [0, 0.05) is 12.2 Å². The lowest BCUT2D eigenvalue weighted by molar-refractivity contribution is 0.596. The molecular formula is C14H16N2O2S. The first-order valence-electron chi connectivity index (χ1n) is 6.03. The maximum absolute atomic E-state index is 12.0. The zero-order chi connectivity index (χ0) is 13.7. The standard InChI is InChI=1S/C14H16N2O2S/c1-12-6-5-9-14(16-12)15-10-11-19(17,18)13-7-3-2-4-8-13/h2-9H,10-11H2,1H3,(H,15,16). The molecule has 0 amide bonds. The molecule has 19 heavy (non-hydrogen) atoms. The number of nitrogens with zero attached hydrogens (tertiary/aromatic N) is 1.